The number of morpholine rings is 1. The van der Waals surface area contributed by atoms with Crippen molar-refractivity contribution < 1.29 is 14.3 Å². The van der Waals surface area contributed by atoms with Gasteiger partial charge in [0.2, 0.25) is 11.9 Å². The first-order valence-corrected chi connectivity index (χ1v) is 11.5. The minimum Gasteiger partial charge on any atom is -0.378 e. The second kappa shape index (κ2) is 10.5. The average Bonchev–Trinajstić information content (AvgIpc) is 3.50. The smallest absolute Gasteiger partial charge is 0.274 e. The zero-order valence-electron chi connectivity index (χ0n) is 19.6. The molecule has 2 aliphatic heterocycles. The molecule has 34 heavy (non-hydrogen) atoms. The molecule has 0 unspecified atom stereocenters. The number of amides is 2. The normalized spacial score (nSPS) is 15.7. The molecule has 0 spiro atoms. The lowest BCUT2D eigenvalue weighted by Gasteiger charge is -2.28. The number of nitrogens with two attached hydrogens (primary N) is 1. The number of nitrogens with zero attached hydrogens (tertiary/aromatic N) is 4. The van der Waals surface area contributed by atoms with E-state index >= 15 is 0 Å². The molecule has 0 atom stereocenters. The molecule has 4 heterocycles. The molecular weight excluding hydrogens is 434 g/mol. The van der Waals surface area contributed by atoms with E-state index in [-0.39, 0.29) is 11.8 Å². The largest absolute Gasteiger partial charge is 0.378 e. The SMILES string of the molecule is CC(N)=O.Cc1c[nH]c2ccc(NC(=O)c3cc(N4CCCC4)nc(N4CCOCC4)n3)cc12. The summed E-state index contributed by atoms with van der Waals surface area (Å²) in [6.45, 7) is 8.03. The van der Waals surface area contributed by atoms with Crippen molar-refractivity contribution in [3.8, 4) is 0 Å². The summed E-state index contributed by atoms with van der Waals surface area (Å²) in [7, 11) is 0. The Morgan fingerprint density at radius 2 is 1.76 bits per heavy atom. The maximum absolute atomic E-state index is 13.1. The summed E-state index contributed by atoms with van der Waals surface area (Å²) in [5.41, 5.74) is 7.82. The van der Waals surface area contributed by atoms with Crippen LogP contribution in [0.4, 0.5) is 17.5 Å². The second-order valence-corrected chi connectivity index (χ2v) is 8.50. The maximum Gasteiger partial charge on any atom is 0.274 e. The number of aryl methyl sites for hydroxylation is 1. The predicted octanol–water partition coefficient (Wildman–Crippen LogP) is 2.45. The van der Waals surface area contributed by atoms with Gasteiger partial charge in [0.25, 0.3) is 5.91 Å². The highest BCUT2D eigenvalue weighted by atomic mass is 16.5. The summed E-state index contributed by atoms with van der Waals surface area (Å²) in [5.74, 6) is 0.871. The number of ether oxygens (including phenoxy) is 1. The molecule has 2 aromatic heterocycles. The third-order valence-electron chi connectivity index (χ3n) is 5.80. The van der Waals surface area contributed by atoms with Crippen molar-refractivity contribution in [2.24, 2.45) is 5.73 Å². The molecule has 180 valence electrons. The zero-order valence-corrected chi connectivity index (χ0v) is 19.6. The summed E-state index contributed by atoms with van der Waals surface area (Å²) in [5, 5.41) is 4.11. The predicted molar refractivity (Wildman–Crippen MR) is 132 cm³/mol. The maximum atomic E-state index is 13.1. The van der Waals surface area contributed by atoms with Crippen LogP contribution in [0.1, 0.15) is 35.8 Å². The number of fused-ring (bicyclic) bond motifs is 1. The summed E-state index contributed by atoms with van der Waals surface area (Å²) >= 11 is 0. The van der Waals surface area contributed by atoms with Crippen molar-refractivity contribution in [1.82, 2.24) is 15.0 Å². The number of benzene rings is 1. The summed E-state index contributed by atoms with van der Waals surface area (Å²) in [6.07, 6.45) is 4.26. The highest BCUT2D eigenvalue weighted by Gasteiger charge is 2.22. The molecule has 0 aliphatic carbocycles. The molecule has 5 rings (SSSR count). The summed E-state index contributed by atoms with van der Waals surface area (Å²) < 4.78 is 5.46. The van der Waals surface area contributed by atoms with Crippen LogP contribution in [0.3, 0.4) is 0 Å². The Morgan fingerprint density at radius 1 is 1.06 bits per heavy atom. The fourth-order valence-electron chi connectivity index (χ4n) is 4.08. The van der Waals surface area contributed by atoms with Gasteiger partial charge in [0.15, 0.2) is 0 Å². The van der Waals surface area contributed by atoms with E-state index in [9.17, 15) is 9.59 Å². The van der Waals surface area contributed by atoms with Crippen LogP contribution in [0.25, 0.3) is 10.9 Å². The van der Waals surface area contributed by atoms with Gasteiger partial charge < -0.3 is 30.6 Å². The summed E-state index contributed by atoms with van der Waals surface area (Å²) in [6, 6.07) is 7.68. The highest BCUT2D eigenvalue weighted by Crippen LogP contribution is 2.24. The molecule has 0 bridgehead atoms. The van der Waals surface area contributed by atoms with Crippen molar-refractivity contribution in [2.75, 3.05) is 54.5 Å². The standard InChI is InChI=1S/C22H26N6O2.C2H5NO/c1-15-14-23-18-5-4-16(12-17(15)18)24-21(29)19-13-20(27-6-2-3-7-27)26-22(25-19)28-8-10-30-11-9-28;1-2(3)4/h4-5,12-14,23H,2-3,6-11H2,1H3,(H,24,29);1H3,(H2,3,4). The number of rotatable bonds is 4. The van der Waals surface area contributed by atoms with Crippen LogP contribution in [-0.2, 0) is 9.53 Å². The topological polar surface area (TPSA) is 129 Å². The molecule has 0 saturated carbocycles. The first kappa shape index (κ1) is 23.5. The van der Waals surface area contributed by atoms with Crippen molar-refractivity contribution in [3.05, 3.63) is 41.7 Å². The molecule has 2 saturated heterocycles. The Hall–Kier alpha value is -3.66. The monoisotopic (exact) mass is 465 g/mol. The molecule has 3 aromatic rings. The molecule has 10 heteroatoms. The quantitative estimate of drug-likeness (QED) is 0.540. The minimum absolute atomic E-state index is 0.222. The Balaban J connectivity index is 0.000000636. The first-order chi connectivity index (χ1) is 16.4. The van der Waals surface area contributed by atoms with E-state index in [1.165, 1.54) is 6.92 Å². The number of anilines is 3. The van der Waals surface area contributed by atoms with Gasteiger partial charge in [0, 0.05) is 62.0 Å². The van der Waals surface area contributed by atoms with Crippen LogP contribution < -0.4 is 20.9 Å². The van der Waals surface area contributed by atoms with Crippen LogP contribution in [0.5, 0.6) is 0 Å². The highest BCUT2D eigenvalue weighted by molar-refractivity contribution is 6.04. The van der Waals surface area contributed by atoms with Crippen molar-refractivity contribution in [3.63, 3.8) is 0 Å². The molecule has 1 aromatic carbocycles. The van der Waals surface area contributed by atoms with E-state index in [0.717, 1.165) is 67.0 Å². The van der Waals surface area contributed by atoms with Gasteiger partial charge in [-0.15, -0.1) is 0 Å². The van der Waals surface area contributed by atoms with Crippen molar-refractivity contribution in [2.45, 2.75) is 26.7 Å². The average molecular weight is 466 g/mol. The molecule has 2 aliphatic rings. The number of H-pyrrole nitrogens is 1. The zero-order chi connectivity index (χ0) is 24.1. The van der Waals surface area contributed by atoms with Gasteiger partial charge in [-0.25, -0.2) is 4.98 Å². The van der Waals surface area contributed by atoms with E-state index in [4.69, 9.17) is 9.72 Å². The van der Waals surface area contributed by atoms with E-state index in [1.54, 1.807) is 0 Å². The number of carbonyl (C=O) groups is 2. The Morgan fingerprint density at radius 3 is 2.47 bits per heavy atom. The van der Waals surface area contributed by atoms with Gasteiger partial charge in [-0.3, -0.25) is 9.59 Å². The number of nitrogens with one attached hydrogen (secondary N) is 2. The fourth-order valence-corrected chi connectivity index (χ4v) is 4.08. The number of hydrogen-bond donors (Lipinski definition) is 3. The second-order valence-electron chi connectivity index (χ2n) is 8.50. The third kappa shape index (κ3) is 5.63. The van der Waals surface area contributed by atoms with Gasteiger partial charge >= 0.3 is 0 Å². The molecular formula is C24H31N7O3. The minimum atomic E-state index is -0.333. The number of hydrogen-bond acceptors (Lipinski definition) is 7. The Kier molecular flexibility index (Phi) is 7.27. The van der Waals surface area contributed by atoms with Crippen LogP contribution in [0, 0.1) is 6.92 Å². The number of aromatic amines is 1. The van der Waals surface area contributed by atoms with E-state index in [2.05, 4.69) is 30.8 Å². The van der Waals surface area contributed by atoms with Crippen LogP contribution in [0.15, 0.2) is 30.5 Å². The Labute approximate surface area is 198 Å². The third-order valence-corrected chi connectivity index (χ3v) is 5.80. The fraction of sp³-hybridized carbons (Fsp3) is 0.417. The number of aromatic nitrogens is 3. The van der Waals surface area contributed by atoms with Crippen LogP contribution in [0.2, 0.25) is 0 Å². The lowest BCUT2D eigenvalue weighted by Crippen LogP contribution is -2.38. The lowest BCUT2D eigenvalue weighted by atomic mass is 10.1. The molecule has 10 nitrogen and oxygen atoms in total. The summed E-state index contributed by atoms with van der Waals surface area (Å²) in [4.78, 5) is 39.3. The van der Waals surface area contributed by atoms with Gasteiger partial charge in [-0.2, -0.15) is 4.98 Å². The first-order valence-electron chi connectivity index (χ1n) is 11.5. The van der Waals surface area contributed by atoms with Crippen molar-refractivity contribution in [1.29, 1.82) is 0 Å². The van der Waals surface area contributed by atoms with E-state index in [1.807, 2.05) is 37.4 Å². The van der Waals surface area contributed by atoms with E-state index in [0.29, 0.717) is 24.9 Å². The number of carbonyl (C=O) groups excluding carboxylic acids is 2. The number of primary amides is 1. The van der Waals surface area contributed by atoms with Gasteiger partial charge in [-0.1, -0.05) is 0 Å². The van der Waals surface area contributed by atoms with Crippen LogP contribution in [-0.4, -0.2) is 66.2 Å². The van der Waals surface area contributed by atoms with Gasteiger partial charge in [0.1, 0.15) is 11.5 Å². The lowest BCUT2D eigenvalue weighted by molar-refractivity contribution is -0.115. The molecule has 0 radical (unpaired) electrons. The van der Waals surface area contributed by atoms with Gasteiger partial charge in [-0.05, 0) is 43.5 Å². The molecule has 2 amide bonds. The van der Waals surface area contributed by atoms with Crippen LogP contribution >= 0.6 is 0 Å². The van der Waals surface area contributed by atoms with Crippen molar-refractivity contribution >= 4 is 40.2 Å². The molecule has 4 N–H and O–H groups in total. The Bertz CT molecular complexity index is 1160. The van der Waals surface area contributed by atoms with E-state index < -0.39 is 0 Å². The molecule has 2 fully saturated rings. The van der Waals surface area contributed by atoms with Gasteiger partial charge in [0.05, 0.1) is 13.2 Å².